The van der Waals surface area contributed by atoms with E-state index in [2.05, 4.69) is 13.8 Å². The molecule has 0 aromatic heterocycles. The van der Waals surface area contributed by atoms with E-state index in [0.29, 0.717) is 0 Å². The van der Waals surface area contributed by atoms with Crippen LogP contribution in [-0.2, 0) is 14.3 Å². The van der Waals surface area contributed by atoms with Crippen LogP contribution in [0.3, 0.4) is 0 Å². The van der Waals surface area contributed by atoms with Crippen molar-refractivity contribution in [3.8, 4) is 0 Å². The van der Waals surface area contributed by atoms with Crippen molar-refractivity contribution in [3.05, 3.63) is 11.1 Å². The van der Waals surface area contributed by atoms with Gasteiger partial charge < -0.3 is 9.84 Å². The highest BCUT2D eigenvalue weighted by Crippen LogP contribution is 2.44. The lowest BCUT2D eigenvalue weighted by Gasteiger charge is -2.41. The Balaban J connectivity index is 3.18. The Labute approximate surface area is 121 Å². The predicted molar refractivity (Wildman–Crippen MR) is 77.1 cm³/mol. The number of ether oxygens (including phenoxy) is 1. The first kappa shape index (κ1) is 16.9. The van der Waals surface area contributed by atoms with Gasteiger partial charge in [0, 0.05) is 12.8 Å². The largest absolute Gasteiger partial charge is 0.458 e. The maximum Gasteiger partial charge on any atom is 0.303 e. The van der Waals surface area contributed by atoms with Gasteiger partial charge in [0.1, 0.15) is 11.9 Å². The van der Waals surface area contributed by atoms with Crippen molar-refractivity contribution in [1.82, 2.24) is 0 Å². The van der Waals surface area contributed by atoms with E-state index in [1.807, 2.05) is 6.92 Å². The van der Waals surface area contributed by atoms with Crippen LogP contribution in [0.5, 0.6) is 0 Å². The number of hydrogen-bond donors (Lipinski definition) is 1. The molecule has 1 N–H and O–H groups in total. The van der Waals surface area contributed by atoms with E-state index in [1.165, 1.54) is 13.8 Å². The third-order valence-corrected chi connectivity index (χ3v) is 4.39. The van der Waals surface area contributed by atoms with E-state index in [9.17, 15) is 14.7 Å². The summed E-state index contributed by atoms with van der Waals surface area (Å²) < 4.78 is 5.32. The lowest BCUT2D eigenvalue weighted by Crippen LogP contribution is -2.39. The summed E-state index contributed by atoms with van der Waals surface area (Å²) in [4.78, 5) is 22.7. The fraction of sp³-hybridized carbons (Fsp3) is 0.750. The van der Waals surface area contributed by atoms with Crippen molar-refractivity contribution in [3.63, 3.8) is 0 Å². The van der Waals surface area contributed by atoms with Crippen molar-refractivity contribution in [2.24, 2.45) is 11.3 Å². The molecule has 0 spiro atoms. The van der Waals surface area contributed by atoms with Gasteiger partial charge in [0.15, 0.2) is 0 Å². The van der Waals surface area contributed by atoms with Crippen LogP contribution in [0, 0.1) is 11.3 Å². The Bertz CT molecular complexity index is 434. The molecule has 1 aliphatic rings. The van der Waals surface area contributed by atoms with E-state index in [4.69, 9.17) is 4.74 Å². The van der Waals surface area contributed by atoms with Crippen LogP contribution in [-0.4, -0.2) is 29.1 Å². The molecule has 0 amide bonds. The molecule has 4 heteroatoms. The number of aliphatic hydroxyl groups excluding tert-OH is 1. The Morgan fingerprint density at radius 3 is 2.35 bits per heavy atom. The fourth-order valence-electron chi connectivity index (χ4n) is 3.00. The van der Waals surface area contributed by atoms with Crippen molar-refractivity contribution < 1.29 is 19.4 Å². The predicted octanol–water partition coefficient (Wildman–Crippen LogP) is 2.64. The van der Waals surface area contributed by atoms with Gasteiger partial charge in [0.05, 0.1) is 6.10 Å². The number of carbonyl (C=O) groups excluding carboxylic acids is 2. The number of aliphatic hydroxyl groups is 1. The second kappa shape index (κ2) is 6.08. The van der Waals surface area contributed by atoms with Gasteiger partial charge in [-0.05, 0) is 43.3 Å². The topological polar surface area (TPSA) is 63.6 Å². The summed E-state index contributed by atoms with van der Waals surface area (Å²) in [6.45, 7) is 10.6. The monoisotopic (exact) mass is 282 g/mol. The van der Waals surface area contributed by atoms with Gasteiger partial charge in [-0.15, -0.1) is 0 Å². The molecule has 1 aliphatic carbocycles. The molecule has 0 bridgehead atoms. The molecular formula is C16H26O4. The third-order valence-electron chi connectivity index (χ3n) is 4.39. The van der Waals surface area contributed by atoms with Crippen molar-refractivity contribution in [2.45, 2.75) is 66.6 Å². The first-order valence-electron chi connectivity index (χ1n) is 7.14. The molecule has 0 radical (unpaired) electrons. The van der Waals surface area contributed by atoms with Gasteiger partial charge in [0.2, 0.25) is 0 Å². The van der Waals surface area contributed by atoms with E-state index in [-0.39, 0.29) is 23.3 Å². The fourth-order valence-corrected chi connectivity index (χ4v) is 3.00. The molecule has 0 aromatic rings. The van der Waals surface area contributed by atoms with Crippen LogP contribution in [0.25, 0.3) is 0 Å². The highest BCUT2D eigenvalue weighted by Gasteiger charge is 2.40. The Kier molecular flexibility index (Phi) is 5.14. The molecule has 0 aromatic carbocycles. The van der Waals surface area contributed by atoms with Gasteiger partial charge >= 0.3 is 5.97 Å². The van der Waals surface area contributed by atoms with Crippen LogP contribution < -0.4 is 0 Å². The summed E-state index contributed by atoms with van der Waals surface area (Å²) >= 11 is 0. The second-order valence-corrected chi connectivity index (χ2v) is 6.46. The Morgan fingerprint density at radius 2 is 1.90 bits per heavy atom. The van der Waals surface area contributed by atoms with Gasteiger partial charge in [-0.3, -0.25) is 9.59 Å². The minimum absolute atomic E-state index is 0.0387. The molecule has 20 heavy (non-hydrogen) atoms. The van der Waals surface area contributed by atoms with Crippen LogP contribution in [0.4, 0.5) is 0 Å². The van der Waals surface area contributed by atoms with E-state index in [1.54, 1.807) is 6.92 Å². The number of carbonyl (C=O) groups is 2. The summed E-state index contributed by atoms with van der Waals surface area (Å²) in [5.74, 6) is -0.805. The lowest BCUT2D eigenvalue weighted by atomic mass is 9.67. The zero-order valence-corrected chi connectivity index (χ0v) is 13.3. The number of hydrogen-bond acceptors (Lipinski definition) is 4. The molecule has 3 atom stereocenters. The maximum atomic E-state index is 11.5. The lowest BCUT2D eigenvalue weighted by molar-refractivity contribution is -0.145. The molecule has 0 saturated heterocycles. The molecule has 0 fully saturated rings. The van der Waals surface area contributed by atoms with E-state index < -0.39 is 12.0 Å². The molecule has 114 valence electrons. The Hall–Kier alpha value is -1.16. The molecule has 4 nitrogen and oxygen atoms in total. The number of rotatable bonds is 4. The highest BCUT2D eigenvalue weighted by molar-refractivity contribution is 5.79. The minimum atomic E-state index is -0.819. The van der Waals surface area contributed by atoms with Crippen molar-refractivity contribution >= 4 is 11.8 Å². The normalized spacial score (nSPS) is 25.1. The van der Waals surface area contributed by atoms with E-state index >= 15 is 0 Å². The Morgan fingerprint density at radius 1 is 1.35 bits per heavy atom. The van der Waals surface area contributed by atoms with Crippen molar-refractivity contribution in [2.75, 3.05) is 0 Å². The summed E-state index contributed by atoms with van der Waals surface area (Å²) in [6, 6.07) is 0. The quantitative estimate of drug-likeness (QED) is 0.636. The summed E-state index contributed by atoms with van der Waals surface area (Å²) in [5.41, 5.74) is 1.54. The maximum absolute atomic E-state index is 11.5. The average Bonchev–Trinajstić information content (AvgIpc) is 2.31. The standard InChI is InChI=1S/C16H26O4/c1-9(11(3)17)15(19)14-10(2)13(20-12(4)18)7-8-16(14,5)6/h9,13,15,19H,7-8H2,1-6H3/t9-,13+,15-/m0/s1. The number of Topliss-reactive ketones (excluding diaryl/α,β-unsaturated/α-hetero) is 1. The van der Waals surface area contributed by atoms with Crippen LogP contribution in [0.1, 0.15) is 54.4 Å². The van der Waals surface area contributed by atoms with E-state index in [0.717, 1.165) is 24.0 Å². The van der Waals surface area contributed by atoms with Crippen LogP contribution >= 0.6 is 0 Å². The van der Waals surface area contributed by atoms with Crippen LogP contribution in [0.2, 0.25) is 0 Å². The van der Waals surface area contributed by atoms with Crippen LogP contribution in [0.15, 0.2) is 11.1 Å². The first-order chi connectivity index (χ1) is 9.08. The summed E-state index contributed by atoms with van der Waals surface area (Å²) in [7, 11) is 0. The zero-order chi connectivity index (χ0) is 15.7. The SMILES string of the molecule is CC(=O)O[C@@H]1CCC(C)(C)C([C@@H](O)[C@@H](C)C(C)=O)=C1C. The third kappa shape index (κ3) is 3.48. The highest BCUT2D eigenvalue weighted by atomic mass is 16.5. The van der Waals surface area contributed by atoms with Gasteiger partial charge in [-0.2, -0.15) is 0 Å². The first-order valence-corrected chi connectivity index (χ1v) is 7.14. The summed E-state index contributed by atoms with van der Waals surface area (Å²) in [6.07, 6.45) is 0.466. The molecule has 0 heterocycles. The zero-order valence-electron chi connectivity index (χ0n) is 13.3. The molecule has 0 unspecified atom stereocenters. The average molecular weight is 282 g/mol. The number of esters is 1. The summed E-state index contributed by atoms with van der Waals surface area (Å²) in [5, 5.41) is 10.6. The van der Waals surface area contributed by atoms with Crippen molar-refractivity contribution in [1.29, 1.82) is 0 Å². The minimum Gasteiger partial charge on any atom is -0.458 e. The van der Waals surface area contributed by atoms with Gasteiger partial charge in [-0.25, -0.2) is 0 Å². The van der Waals surface area contributed by atoms with Gasteiger partial charge in [-0.1, -0.05) is 20.8 Å². The number of ketones is 1. The second-order valence-electron chi connectivity index (χ2n) is 6.46. The molecule has 1 rings (SSSR count). The smallest absolute Gasteiger partial charge is 0.303 e. The molecule has 0 aliphatic heterocycles. The molecular weight excluding hydrogens is 256 g/mol. The molecule has 0 saturated carbocycles. The van der Waals surface area contributed by atoms with Gasteiger partial charge in [0.25, 0.3) is 0 Å².